The van der Waals surface area contributed by atoms with Gasteiger partial charge in [-0.25, -0.2) is 0 Å². The Bertz CT molecular complexity index is 1060. The molecule has 0 saturated carbocycles. The van der Waals surface area contributed by atoms with E-state index in [1.165, 1.54) is 21.2 Å². The monoisotopic (exact) mass is 608 g/mol. The minimum absolute atomic E-state index is 0. The summed E-state index contributed by atoms with van der Waals surface area (Å²) in [4.78, 5) is 0. The molecule has 0 N–H and O–H groups in total. The second-order valence-corrected chi connectivity index (χ2v) is 10.1. The molecule has 0 saturated heterocycles. The molecule has 0 fully saturated rings. The first-order valence-corrected chi connectivity index (χ1v) is 12.7. The zero-order valence-corrected chi connectivity index (χ0v) is 23.0. The van der Waals surface area contributed by atoms with Crippen LogP contribution in [0, 0.1) is 37.9 Å². The van der Waals surface area contributed by atoms with Crippen LogP contribution in [0.15, 0.2) is 121 Å². The van der Waals surface area contributed by atoms with Gasteiger partial charge in [-0.2, -0.15) is 0 Å². The normalized spacial score (nSPS) is 8.16. The summed E-state index contributed by atoms with van der Waals surface area (Å²) in [5.41, 5.74) is 7.39. The Morgan fingerprint density at radius 1 is 0.351 bits per heavy atom. The van der Waals surface area contributed by atoms with Crippen molar-refractivity contribution in [1.29, 1.82) is 0 Å². The van der Waals surface area contributed by atoms with Crippen LogP contribution in [0.1, 0.15) is 0 Å². The summed E-state index contributed by atoms with van der Waals surface area (Å²) < 4.78 is 30.0. The summed E-state index contributed by atoms with van der Waals surface area (Å²) >= 11 is 0. The van der Waals surface area contributed by atoms with Crippen molar-refractivity contribution >= 4 is 37.1 Å². The van der Waals surface area contributed by atoms with Crippen molar-refractivity contribution in [2.24, 2.45) is 0 Å². The zero-order chi connectivity index (χ0) is 27.0. The van der Waals surface area contributed by atoms with Gasteiger partial charge >= 0.3 is 45.2 Å². The minimum atomic E-state index is -0.709. The fraction of sp³-hybridized carbons (Fsp3) is 0. The van der Waals surface area contributed by atoms with Crippen molar-refractivity contribution in [3.63, 3.8) is 0 Å². The van der Waals surface area contributed by atoms with Gasteiger partial charge in [0.25, 0.3) is 0 Å². The third-order valence-corrected chi connectivity index (χ3v) is 8.44. The van der Waals surface area contributed by atoms with E-state index in [2.05, 4.69) is 159 Å². The Morgan fingerprint density at radius 3 is 0.676 bits per heavy atom. The van der Waals surface area contributed by atoms with E-state index in [9.17, 15) is 0 Å². The van der Waals surface area contributed by atoms with Gasteiger partial charge in [-0.3, -0.25) is 0 Å². The van der Waals surface area contributed by atoms with E-state index < -0.39 is 15.8 Å². The largest absolute Gasteiger partial charge is 0 e. The van der Waals surface area contributed by atoms with Gasteiger partial charge in [-0.1, -0.05) is 133 Å². The quantitative estimate of drug-likeness (QED) is 0.103. The van der Waals surface area contributed by atoms with Gasteiger partial charge in [0.2, 0.25) is 0 Å². The van der Waals surface area contributed by atoms with Crippen molar-refractivity contribution in [3.05, 3.63) is 148 Å². The second kappa shape index (κ2) is 24.6. The Kier molecular flexibility index (Phi) is 23.9. The van der Waals surface area contributed by atoms with Gasteiger partial charge in [0, 0.05) is 35.3 Å². The Morgan fingerprint density at radius 2 is 0.514 bits per heavy atom. The average Bonchev–Trinajstić information content (AvgIpc) is 3.01. The van der Waals surface area contributed by atoms with E-state index in [0.29, 0.717) is 0 Å². The molecule has 0 aliphatic rings. The molecule has 0 heterocycles. The zero-order valence-electron chi connectivity index (χ0n) is 19.4. The molecule has 0 bridgehead atoms. The molecular weight excluding hydrogens is 587 g/mol. The Labute approximate surface area is 233 Å². The maximum atomic E-state index is 7.50. The molecule has 0 aliphatic heterocycles. The molecule has 0 aliphatic carbocycles. The Balaban J connectivity index is 0. The molecule has 0 unspecified atom stereocenters. The molecule has 0 atom stereocenters. The van der Waals surface area contributed by atoms with Crippen LogP contribution in [0.4, 0.5) is 0 Å². The number of benzene rings is 4. The predicted octanol–water partition coefficient (Wildman–Crippen LogP) is 5.02. The van der Waals surface area contributed by atoms with Crippen LogP contribution in [0.25, 0.3) is 0 Å². The minimum Gasteiger partial charge on any atom is 0 e. The summed E-state index contributed by atoms with van der Waals surface area (Å²) in [6.45, 7) is 18.0. The van der Waals surface area contributed by atoms with E-state index >= 15 is 0 Å². The topological polar surface area (TPSA) is 79.6 Å². The van der Waals surface area contributed by atoms with Crippen molar-refractivity contribution in [2.75, 3.05) is 0 Å². The number of rotatable bonds is 4. The van der Waals surface area contributed by atoms with Gasteiger partial charge in [0.1, 0.15) is 0 Å². The van der Waals surface area contributed by atoms with Crippen LogP contribution in [-0.4, -0.2) is 0 Å². The standard InChI is InChI=1S/C26H20P2.4CO.Ru/c1-5-13-23(14-6-1)27(24-15-7-2-8-16-24)21-22-28(25-17-9-3-10-18-25)26-19-11-4-12-20-26;4*1-2;/h1-20H;;;;;. The molecule has 4 nitrogen and oxygen atoms in total. The van der Waals surface area contributed by atoms with Crippen molar-refractivity contribution in [2.45, 2.75) is 0 Å². The molecule has 7 heteroatoms. The molecule has 182 valence electrons. The maximum absolute atomic E-state index is 7.50. The van der Waals surface area contributed by atoms with Crippen LogP contribution < -0.4 is 21.2 Å². The summed E-state index contributed by atoms with van der Waals surface area (Å²) in [6.07, 6.45) is 0. The van der Waals surface area contributed by atoms with Crippen LogP contribution in [0.2, 0.25) is 0 Å². The van der Waals surface area contributed by atoms with Crippen molar-refractivity contribution in [3.8, 4) is 11.3 Å². The van der Waals surface area contributed by atoms with Gasteiger partial charge < -0.3 is 0 Å². The molecule has 0 aromatic heterocycles. The summed E-state index contributed by atoms with van der Waals surface area (Å²) in [7, 11) is -1.42. The second-order valence-electron chi connectivity index (χ2n) is 6.24. The van der Waals surface area contributed by atoms with E-state index in [1.807, 2.05) is 0 Å². The molecule has 0 radical (unpaired) electrons. The molecule has 0 amide bonds. The molecule has 4 aromatic carbocycles. The first-order chi connectivity index (χ1) is 17.9. The molecule has 0 spiro atoms. The fourth-order valence-corrected chi connectivity index (χ4v) is 6.76. The third-order valence-electron chi connectivity index (χ3n) is 4.33. The number of hydrogen-bond donors (Lipinski definition) is 0. The average molecular weight is 608 g/mol. The Hall–Kier alpha value is -3.12. The van der Waals surface area contributed by atoms with Gasteiger partial charge in [-0.15, -0.1) is 0 Å². The molecular formula is C30H20O4P2Ru. The van der Waals surface area contributed by atoms with Crippen molar-refractivity contribution in [1.82, 2.24) is 0 Å². The maximum Gasteiger partial charge on any atom is 0 e. The molecule has 4 rings (SSSR count). The van der Waals surface area contributed by atoms with Crippen LogP contribution in [-0.2, 0) is 38.1 Å². The first kappa shape index (κ1) is 36.0. The predicted molar refractivity (Wildman–Crippen MR) is 142 cm³/mol. The fourth-order valence-electron chi connectivity index (χ4n) is 2.96. The van der Waals surface area contributed by atoms with E-state index in [-0.39, 0.29) is 19.5 Å². The number of hydrogen-bond acceptors (Lipinski definition) is 0. The third kappa shape index (κ3) is 12.6. The van der Waals surface area contributed by atoms with Gasteiger partial charge in [-0.05, 0) is 21.2 Å². The van der Waals surface area contributed by atoms with E-state index in [0.717, 1.165) is 0 Å². The SMILES string of the molecule is C(#CP(c1ccccc1)c1ccccc1)P(c1ccccc1)c1ccccc1.[C-]#[O+].[C-]#[O+].[C-]#[O+].[C-]#[O+].[Ru]. The smallest absolute Gasteiger partial charge is 0 e. The first-order valence-electron chi connectivity index (χ1n) is 10.1. The van der Waals surface area contributed by atoms with Crippen molar-refractivity contribution < 1.29 is 38.1 Å². The summed E-state index contributed by atoms with van der Waals surface area (Å²) in [5, 5.41) is 5.19. The van der Waals surface area contributed by atoms with Crippen LogP contribution >= 0.6 is 15.8 Å². The van der Waals surface area contributed by atoms with E-state index in [1.54, 1.807) is 0 Å². The summed E-state index contributed by atoms with van der Waals surface area (Å²) in [5.74, 6) is 0. The molecule has 4 aromatic rings. The van der Waals surface area contributed by atoms with E-state index in [4.69, 9.17) is 18.6 Å². The summed E-state index contributed by atoms with van der Waals surface area (Å²) in [6, 6.07) is 42.7. The van der Waals surface area contributed by atoms with Gasteiger partial charge in [0.05, 0.1) is 0 Å². The van der Waals surface area contributed by atoms with Crippen LogP contribution in [0.5, 0.6) is 0 Å². The van der Waals surface area contributed by atoms with Gasteiger partial charge in [0.15, 0.2) is 0 Å². The molecule has 37 heavy (non-hydrogen) atoms. The van der Waals surface area contributed by atoms with Crippen LogP contribution in [0.3, 0.4) is 0 Å².